The van der Waals surface area contributed by atoms with Gasteiger partial charge >= 0.3 is 0 Å². The van der Waals surface area contributed by atoms with Crippen molar-refractivity contribution in [1.82, 2.24) is 4.90 Å². The standard InChI is InChI=1S/C23H24N2O7/c1-14(2)32-18-10-6-16(7-11-18)21(26)19-20(15-4-8-17(9-5-15)25(29)30)24(12-13-31-3)23(28)22(19)27/h4-11,14,20,26H,12-13H2,1-3H3/b21-19+. The number of non-ortho nitro benzene ring substituents is 1. The van der Waals surface area contributed by atoms with Crippen molar-refractivity contribution in [3.05, 3.63) is 75.3 Å². The molecule has 1 aliphatic heterocycles. The highest BCUT2D eigenvalue weighted by molar-refractivity contribution is 6.46. The number of hydrogen-bond donors (Lipinski definition) is 1. The minimum atomic E-state index is -0.905. The average Bonchev–Trinajstić information content (AvgIpc) is 3.02. The highest BCUT2D eigenvalue weighted by Crippen LogP contribution is 2.39. The molecule has 0 bridgehead atoms. The second-order valence-electron chi connectivity index (χ2n) is 7.52. The normalized spacial score (nSPS) is 17.8. The number of benzene rings is 2. The van der Waals surface area contributed by atoms with Crippen molar-refractivity contribution in [2.75, 3.05) is 20.3 Å². The van der Waals surface area contributed by atoms with Crippen LogP contribution >= 0.6 is 0 Å². The number of nitro groups is 1. The fourth-order valence-corrected chi connectivity index (χ4v) is 3.54. The smallest absolute Gasteiger partial charge is 0.295 e. The van der Waals surface area contributed by atoms with E-state index in [0.717, 1.165) is 0 Å². The Bertz CT molecular complexity index is 1040. The lowest BCUT2D eigenvalue weighted by Crippen LogP contribution is -2.32. The van der Waals surface area contributed by atoms with Crippen LogP contribution in [0.25, 0.3) is 5.76 Å². The van der Waals surface area contributed by atoms with Crippen LogP contribution in [-0.2, 0) is 14.3 Å². The Morgan fingerprint density at radius 1 is 1.12 bits per heavy atom. The number of ether oxygens (including phenoxy) is 2. The number of Topliss-reactive ketones (excluding diaryl/α,β-unsaturated/α-hetero) is 1. The molecule has 0 radical (unpaired) electrons. The van der Waals surface area contributed by atoms with Gasteiger partial charge in [-0.3, -0.25) is 19.7 Å². The van der Waals surface area contributed by atoms with Gasteiger partial charge in [-0.15, -0.1) is 0 Å². The summed E-state index contributed by atoms with van der Waals surface area (Å²) in [5.41, 5.74) is 0.603. The lowest BCUT2D eigenvalue weighted by Gasteiger charge is -2.25. The number of aliphatic hydroxyl groups is 1. The van der Waals surface area contributed by atoms with Crippen molar-refractivity contribution < 1.29 is 29.1 Å². The van der Waals surface area contributed by atoms with Crippen LogP contribution in [0, 0.1) is 10.1 Å². The van der Waals surface area contributed by atoms with E-state index < -0.39 is 22.7 Å². The van der Waals surface area contributed by atoms with Crippen LogP contribution in [0.2, 0.25) is 0 Å². The zero-order valence-electron chi connectivity index (χ0n) is 18.0. The van der Waals surface area contributed by atoms with E-state index in [9.17, 15) is 24.8 Å². The highest BCUT2D eigenvalue weighted by atomic mass is 16.6. The van der Waals surface area contributed by atoms with Crippen LogP contribution in [0.4, 0.5) is 5.69 Å². The minimum Gasteiger partial charge on any atom is -0.507 e. The molecule has 2 aromatic carbocycles. The second-order valence-corrected chi connectivity index (χ2v) is 7.52. The van der Waals surface area contributed by atoms with Gasteiger partial charge in [0.25, 0.3) is 17.4 Å². The second kappa shape index (κ2) is 9.61. The molecule has 0 saturated carbocycles. The highest BCUT2D eigenvalue weighted by Gasteiger charge is 2.45. The maximum absolute atomic E-state index is 12.9. The van der Waals surface area contributed by atoms with Gasteiger partial charge < -0.3 is 19.5 Å². The van der Waals surface area contributed by atoms with Gasteiger partial charge in [0.1, 0.15) is 11.5 Å². The Morgan fingerprint density at radius 3 is 2.28 bits per heavy atom. The fraction of sp³-hybridized carbons (Fsp3) is 0.304. The number of amides is 1. The molecule has 0 aliphatic carbocycles. The molecule has 2 aromatic rings. The summed E-state index contributed by atoms with van der Waals surface area (Å²) < 4.78 is 10.7. The van der Waals surface area contributed by atoms with Crippen molar-refractivity contribution in [2.24, 2.45) is 0 Å². The first-order chi connectivity index (χ1) is 15.2. The minimum absolute atomic E-state index is 0.0253. The zero-order chi connectivity index (χ0) is 23.4. The van der Waals surface area contributed by atoms with Gasteiger partial charge in [-0.2, -0.15) is 0 Å². The van der Waals surface area contributed by atoms with Gasteiger partial charge in [-0.05, 0) is 55.8 Å². The van der Waals surface area contributed by atoms with E-state index in [1.165, 1.54) is 36.3 Å². The molecular formula is C23H24N2O7. The zero-order valence-corrected chi connectivity index (χ0v) is 18.0. The van der Waals surface area contributed by atoms with E-state index in [1.54, 1.807) is 24.3 Å². The van der Waals surface area contributed by atoms with Gasteiger partial charge in [0, 0.05) is 31.4 Å². The molecule has 9 heteroatoms. The molecule has 1 atom stereocenters. The average molecular weight is 440 g/mol. The molecule has 1 heterocycles. The Morgan fingerprint density at radius 2 is 1.75 bits per heavy atom. The molecule has 3 rings (SSSR count). The quantitative estimate of drug-likeness (QED) is 0.219. The number of carbonyl (C=O) groups excluding carboxylic acids is 2. The number of likely N-dealkylation sites (tertiary alicyclic amines) is 1. The van der Waals surface area contributed by atoms with E-state index in [0.29, 0.717) is 16.9 Å². The molecule has 1 N–H and O–H groups in total. The Labute approximate surface area is 185 Å². The molecule has 0 spiro atoms. The van der Waals surface area contributed by atoms with Gasteiger partial charge in [-0.1, -0.05) is 0 Å². The van der Waals surface area contributed by atoms with Crippen molar-refractivity contribution in [3.8, 4) is 5.75 Å². The SMILES string of the molecule is COCCN1C(=O)C(=O)/C(=C(/O)c2ccc(OC(C)C)cc2)C1c1ccc([N+](=O)[O-])cc1. The largest absolute Gasteiger partial charge is 0.507 e. The third-order valence-electron chi connectivity index (χ3n) is 5.00. The van der Waals surface area contributed by atoms with Crippen LogP contribution in [0.1, 0.15) is 31.0 Å². The van der Waals surface area contributed by atoms with Gasteiger partial charge in [0.2, 0.25) is 0 Å². The van der Waals surface area contributed by atoms with Crippen molar-refractivity contribution in [3.63, 3.8) is 0 Å². The molecule has 32 heavy (non-hydrogen) atoms. The van der Waals surface area contributed by atoms with E-state index in [2.05, 4.69) is 0 Å². The number of aliphatic hydroxyl groups excluding tert-OH is 1. The van der Waals surface area contributed by atoms with Crippen molar-refractivity contribution >= 4 is 23.1 Å². The molecule has 168 valence electrons. The summed E-state index contributed by atoms with van der Waals surface area (Å²) in [5, 5.41) is 22.0. The number of rotatable bonds is 8. The van der Waals surface area contributed by atoms with E-state index >= 15 is 0 Å². The van der Waals surface area contributed by atoms with E-state index in [1.807, 2.05) is 13.8 Å². The summed E-state index contributed by atoms with van der Waals surface area (Å²) in [7, 11) is 1.47. The maximum atomic E-state index is 12.9. The molecule has 1 fully saturated rings. The molecule has 1 saturated heterocycles. The third kappa shape index (κ3) is 4.62. The van der Waals surface area contributed by atoms with Crippen LogP contribution in [0.3, 0.4) is 0 Å². The lowest BCUT2D eigenvalue weighted by molar-refractivity contribution is -0.384. The molecule has 9 nitrogen and oxygen atoms in total. The maximum Gasteiger partial charge on any atom is 0.295 e. The Hall–Kier alpha value is -3.72. The number of nitrogens with zero attached hydrogens (tertiary/aromatic N) is 2. The molecular weight excluding hydrogens is 416 g/mol. The lowest BCUT2D eigenvalue weighted by atomic mass is 9.95. The summed E-state index contributed by atoms with van der Waals surface area (Å²) in [6.45, 7) is 4.07. The third-order valence-corrected chi connectivity index (χ3v) is 5.00. The van der Waals surface area contributed by atoms with E-state index in [4.69, 9.17) is 9.47 Å². The number of ketones is 1. The van der Waals surface area contributed by atoms with Crippen LogP contribution in [-0.4, -0.2) is 53.0 Å². The number of nitro benzene ring substituents is 1. The molecule has 0 aromatic heterocycles. The topological polar surface area (TPSA) is 119 Å². The predicted octanol–water partition coefficient (Wildman–Crippen LogP) is 3.45. The summed E-state index contributed by atoms with van der Waals surface area (Å²) in [6.07, 6.45) is -0.0253. The van der Waals surface area contributed by atoms with Gasteiger partial charge in [0.15, 0.2) is 0 Å². The first-order valence-electron chi connectivity index (χ1n) is 10.0. The number of hydrogen-bond acceptors (Lipinski definition) is 7. The first-order valence-corrected chi connectivity index (χ1v) is 10.0. The Kier molecular flexibility index (Phi) is 6.89. The van der Waals surface area contributed by atoms with Crippen molar-refractivity contribution in [1.29, 1.82) is 0 Å². The summed E-state index contributed by atoms with van der Waals surface area (Å²) in [6, 6.07) is 11.2. The van der Waals surface area contributed by atoms with Gasteiger partial charge in [-0.25, -0.2) is 0 Å². The monoisotopic (exact) mass is 440 g/mol. The van der Waals surface area contributed by atoms with E-state index in [-0.39, 0.29) is 36.3 Å². The van der Waals surface area contributed by atoms with Crippen LogP contribution < -0.4 is 4.74 Å². The number of carbonyl (C=O) groups is 2. The number of methoxy groups -OCH3 is 1. The fourth-order valence-electron chi connectivity index (χ4n) is 3.54. The summed E-state index contributed by atoms with van der Waals surface area (Å²) in [4.78, 5) is 37.4. The molecule has 1 unspecified atom stereocenters. The molecule has 1 aliphatic rings. The first kappa shape index (κ1) is 23.0. The Balaban J connectivity index is 2.08. The van der Waals surface area contributed by atoms with Crippen molar-refractivity contribution in [2.45, 2.75) is 26.0 Å². The van der Waals surface area contributed by atoms with Crippen LogP contribution in [0.5, 0.6) is 5.75 Å². The van der Waals surface area contributed by atoms with Crippen LogP contribution in [0.15, 0.2) is 54.1 Å². The summed E-state index contributed by atoms with van der Waals surface area (Å²) >= 11 is 0. The predicted molar refractivity (Wildman–Crippen MR) is 116 cm³/mol. The molecule has 1 amide bonds. The summed E-state index contributed by atoms with van der Waals surface area (Å²) in [5.74, 6) is -1.33. The van der Waals surface area contributed by atoms with Gasteiger partial charge in [0.05, 0.1) is 29.2 Å².